The number of aliphatic hydroxyl groups is 1. The van der Waals surface area contributed by atoms with Gasteiger partial charge in [0.1, 0.15) is 0 Å². The van der Waals surface area contributed by atoms with Crippen LogP contribution in [-0.4, -0.2) is 23.2 Å². The third kappa shape index (κ3) is 3.24. The van der Waals surface area contributed by atoms with Crippen molar-refractivity contribution in [3.8, 4) is 0 Å². The summed E-state index contributed by atoms with van der Waals surface area (Å²) in [5.41, 5.74) is 1.51. The number of carbonyl (C=O) groups excluding carboxylic acids is 1. The van der Waals surface area contributed by atoms with Crippen LogP contribution in [0.5, 0.6) is 0 Å². The first-order valence-corrected chi connectivity index (χ1v) is 6.70. The number of nitrogens with one attached hydrogen (secondary N) is 1. The summed E-state index contributed by atoms with van der Waals surface area (Å²) >= 11 is 5.94. The fourth-order valence-electron chi connectivity index (χ4n) is 2.40. The Bertz CT molecular complexity index is 427. The molecule has 2 atom stereocenters. The lowest BCUT2D eigenvalue weighted by Crippen LogP contribution is -2.45. The minimum absolute atomic E-state index is 0.134. The molecule has 2 rings (SSSR count). The molecule has 0 bridgehead atoms. The first-order chi connectivity index (χ1) is 8.56. The van der Waals surface area contributed by atoms with E-state index in [1.54, 1.807) is 12.1 Å². The van der Waals surface area contributed by atoms with E-state index in [4.69, 9.17) is 11.6 Å². The molecule has 1 aromatic rings. The zero-order valence-electron chi connectivity index (χ0n) is 10.4. The average Bonchev–Trinajstić information content (AvgIpc) is 2.31. The van der Waals surface area contributed by atoms with Crippen LogP contribution in [0, 0.1) is 6.92 Å². The quantitative estimate of drug-likeness (QED) is 0.866. The van der Waals surface area contributed by atoms with Gasteiger partial charge in [0, 0.05) is 10.6 Å². The Balaban J connectivity index is 2.06. The van der Waals surface area contributed by atoms with Gasteiger partial charge in [0.2, 0.25) is 0 Å². The summed E-state index contributed by atoms with van der Waals surface area (Å²) in [5, 5.41) is 13.3. The van der Waals surface area contributed by atoms with Gasteiger partial charge in [-0.1, -0.05) is 24.4 Å². The van der Waals surface area contributed by atoms with Crippen LogP contribution < -0.4 is 5.32 Å². The summed E-state index contributed by atoms with van der Waals surface area (Å²) in [5.74, 6) is -0.161. The highest BCUT2D eigenvalue weighted by Crippen LogP contribution is 2.20. The summed E-state index contributed by atoms with van der Waals surface area (Å²) in [6, 6.07) is 5.13. The number of amides is 1. The normalized spacial score (nSPS) is 23.7. The molecule has 18 heavy (non-hydrogen) atoms. The Labute approximate surface area is 112 Å². The molecule has 2 N–H and O–H groups in total. The summed E-state index contributed by atoms with van der Waals surface area (Å²) in [7, 11) is 0. The first-order valence-electron chi connectivity index (χ1n) is 6.32. The third-order valence-corrected chi connectivity index (χ3v) is 3.57. The average molecular weight is 268 g/mol. The van der Waals surface area contributed by atoms with Crippen LogP contribution in [-0.2, 0) is 0 Å². The Morgan fingerprint density at radius 2 is 2.06 bits per heavy atom. The van der Waals surface area contributed by atoms with Gasteiger partial charge in [-0.2, -0.15) is 0 Å². The molecule has 1 amide bonds. The van der Waals surface area contributed by atoms with Gasteiger partial charge >= 0.3 is 0 Å². The van der Waals surface area contributed by atoms with Crippen molar-refractivity contribution in [2.75, 3.05) is 0 Å². The van der Waals surface area contributed by atoms with Gasteiger partial charge in [-0.15, -0.1) is 0 Å². The number of rotatable bonds is 2. The number of hydrogen-bond donors (Lipinski definition) is 2. The van der Waals surface area contributed by atoms with E-state index in [1.165, 1.54) is 0 Å². The highest BCUT2D eigenvalue weighted by atomic mass is 35.5. The molecule has 1 aliphatic carbocycles. The summed E-state index contributed by atoms with van der Waals surface area (Å²) in [4.78, 5) is 12.1. The number of aryl methyl sites for hydroxylation is 1. The Hall–Kier alpha value is -1.06. The molecular formula is C14H18ClNO2. The van der Waals surface area contributed by atoms with E-state index in [1.807, 2.05) is 13.0 Å². The second-order valence-corrected chi connectivity index (χ2v) is 5.39. The van der Waals surface area contributed by atoms with Crippen molar-refractivity contribution >= 4 is 17.5 Å². The van der Waals surface area contributed by atoms with Crippen LogP contribution in [0.2, 0.25) is 5.02 Å². The fourth-order valence-corrected chi connectivity index (χ4v) is 2.69. The molecule has 3 nitrogen and oxygen atoms in total. The van der Waals surface area contributed by atoms with Crippen molar-refractivity contribution in [1.29, 1.82) is 0 Å². The van der Waals surface area contributed by atoms with E-state index in [2.05, 4.69) is 5.32 Å². The van der Waals surface area contributed by atoms with Gasteiger partial charge < -0.3 is 10.4 Å². The second-order valence-electron chi connectivity index (χ2n) is 4.95. The SMILES string of the molecule is Cc1cc(Cl)cc(C(=O)NC2CCCCC2O)c1. The predicted octanol–water partition coefficient (Wildman–Crippen LogP) is 2.68. The minimum atomic E-state index is -0.428. The highest BCUT2D eigenvalue weighted by Gasteiger charge is 2.24. The lowest BCUT2D eigenvalue weighted by Gasteiger charge is -2.28. The summed E-state index contributed by atoms with van der Waals surface area (Å²) in [6.07, 6.45) is 3.26. The zero-order chi connectivity index (χ0) is 13.1. The molecule has 0 aliphatic heterocycles. The largest absolute Gasteiger partial charge is 0.391 e. The number of carbonyl (C=O) groups is 1. The molecule has 0 spiro atoms. The second kappa shape index (κ2) is 5.72. The maximum atomic E-state index is 12.1. The van der Waals surface area contributed by atoms with E-state index >= 15 is 0 Å². The summed E-state index contributed by atoms with van der Waals surface area (Å²) in [6.45, 7) is 1.90. The molecule has 2 unspecified atom stereocenters. The smallest absolute Gasteiger partial charge is 0.251 e. The van der Waals surface area contributed by atoms with Crippen molar-refractivity contribution in [2.24, 2.45) is 0 Å². The van der Waals surface area contributed by atoms with Crippen LogP contribution >= 0.6 is 11.6 Å². The zero-order valence-corrected chi connectivity index (χ0v) is 11.2. The maximum Gasteiger partial charge on any atom is 0.251 e. The number of halogens is 1. The van der Waals surface area contributed by atoms with E-state index in [-0.39, 0.29) is 11.9 Å². The third-order valence-electron chi connectivity index (χ3n) is 3.35. The van der Waals surface area contributed by atoms with Crippen LogP contribution in [0.1, 0.15) is 41.6 Å². The molecule has 4 heteroatoms. The maximum absolute atomic E-state index is 12.1. The minimum Gasteiger partial charge on any atom is -0.391 e. The van der Waals surface area contributed by atoms with Crippen molar-refractivity contribution in [2.45, 2.75) is 44.8 Å². The lowest BCUT2D eigenvalue weighted by molar-refractivity contribution is 0.0717. The van der Waals surface area contributed by atoms with Gasteiger partial charge in [-0.05, 0) is 43.5 Å². The molecule has 1 aromatic carbocycles. The van der Waals surface area contributed by atoms with Gasteiger partial charge in [0.05, 0.1) is 12.1 Å². The fraction of sp³-hybridized carbons (Fsp3) is 0.500. The molecule has 1 fully saturated rings. The lowest BCUT2D eigenvalue weighted by atomic mass is 9.92. The standard InChI is InChI=1S/C14H18ClNO2/c1-9-6-10(8-11(15)7-9)14(18)16-12-4-2-3-5-13(12)17/h6-8,12-13,17H,2-5H2,1H3,(H,16,18). The molecule has 0 heterocycles. The number of hydrogen-bond acceptors (Lipinski definition) is 2. The van der Waals surface area contributed by atoms with Crippen molar-refractivity contribution < 1.29 is 9.90 Å². The Kier molecular flexibility index (Phi) is 4.25. The van der Waals surface area contributed by atoms with Crippen molar-refractivity contribution in [3.05, 3.63) is 34.3 Å². The topological polar surface area (TPSA) is 49.3 Å². The Morgan fingerprint density at radius 1 is 1.33 bits per heavy atom. The first kappa shape index (κ1) is 13.4. The van der Waals surface area contributed by atoms with Gasteiger partial charge in [-0.25, -0.2) is 0 Å². The van der Waals surface area contributed by atoms with Gasteiger partial charge in [-0.3, -0.25) is 4.79 Å². The van der Waals surface area contributed by atoms with E-state index in [0.717, 1.165) is 31.2 Å². The highest BCUT2D eigenvalue weighted by molar-refractivity contribution is 6.31. The van der Waals surface area contributed by atoms with Crippen molar-refractivity contribution in [3.63, 3.8) is 0 Å². The molecular weight excluding hydrogens is 250 g/mol. The molecule has 0 saturated heterocycles. The molecule has 0 aromatic heterocycles. The molecule has 98 valence electrons. The van der Waals surface area contributed by atoms with E-state index in [0.29, 0.717) is 10.6 Å². The van der Waals surface area contributed by atoms with Crippen LogP contribution in [0.15, 0.2) is 18.2 Å². The molecule has 1 aliphatic rings. The monoisotopic (exact) mass is 267 g/mol. The number of benzene rings is 1. The van der Waals surface area contributed by atoms with E-state index in [9.17, 15) is 9.90 Å². The van der Waals surface area contributed by atoms with Crippen LogP contribution in [0.25, 0.3) is 0 Å². The van der Waals surface area contributed by atoms with Crippen LogP contribution in [0.4, 0.5) is 0 Å². The predicted molar refractivity (Wildman–Crippen MR) is 71.9 cm³/mol. The molecule has 0 radical (unpaired) electrons. The molecule has 1 saturated carbocycles. The van der Waals surface area contributed by atoms with Gasteiger partial charge in [0.25, 0.3) is 5.91 Å². The Morgan fingerprint density at radius 3 is 2.72 bits per heavy atom. The number of aliphatic hydroxyl groups excluding tert-OH is 1. The van der Waals surface area contributed by atoms with E-state index < -0.39 is 6.10 Å². The van der Waals surface area contributed by atoms with Crippen LogP contribution in [0.3, 0.4) is 0 Å². The van der Waals surface area contributed by atoms with Gasteiger partial charge in [0.15, 0.2) is 0 Å². The van der Waals surface area contributed by atoms with Crippen molar-refractivity contribution in [1.82, 2.24) is 5.32 Å². The summed E-state index contributed by atoms with van der Waals surface area (Å²) < 4.78 is 0.